The molecule has 23 heavy (non-hydrogen) atoms. The van der Waals surface area contributed by atoms with Crippen LogP contribution in [0.4, 0.5) is 0 Å². The molecule has 0 saturated heterocycles. The topological polar surface area (TPSA) is 38.8 Å². The van der Waals surface area contributed by atoms with Gasteiger partial charge in [0.1, 0.15) is 13.2 Å². The first-order chi connectivity index (χ1) is 11.0. The third-order valence-corrected chi connectivity index (χ3v) is 5.22. The van der Waals surface area contributed by atoms with E-state index in [1.165, 1.54) is 22.5 Å². The maximum atomic E-state index is 11.4. The lowest BCUT2D eigenvalue weighted by Crippen LogP contribution is -2.22. The van der Waals surface area contributed by atoms with Crippen LogP contribution in [0.15, 0.2) is 29.6 Å². The Morgan fingerprint density at radius 2 is 2.00 bits per heavy atom. The summed E-state index contributed by atoms with van der Waals surface area (Å²) in [6.45, 7) is 5.79. The first-order valence-corrected chi connectivity index (χ1v) is 8.60. The van der Waals surface area contributed by atoms with Crippen LogP contribution >= 0.6 is 11.3 Å². The predicted octanol–water partition coefficient (Wildman–Crippen LogP) is 3.91. The number of Topliss-reactive ketones (excluding diaryl/α,β-unsaturated/α-hetero) is 1. The predicted molar refractivity (Wildman–Crippen MR) is 91.6 cm³/mol. The smallest absolute Gasteiger partial charge is 0.169 e. The molecule has 0 N–H and O–H groups in total. The Kier molecular flexibility index (Phi) is 4.68. The van der Waals surface area contributed by atoms with Crippen molar-refractivity contribution in [2.75, 3.05) is 20.3 Å². The highest BCUT2D eigenvalue weighted by molar-refractivity contribution is 7.12. The highest BCUT2D eigenvalue weighted by atomic mass is 32.1. The molecule has 2 heterocycles. The molecule has 3 rings (SSSR count). The summed E-state index contributed by atoms with van der Waals surface area (Å²) >= 11 is 1.51. The summed E-state index contributed by atoms with van der Waals surface area (Å²) in [5.41, 5.74) is 2.37. The van der Waals surface area contributed by atoms with Crippen molar-refractivity contribution in [2.45, 2.75) is 26.4 Å². The van der Waals surface area contributed by atoms with E-state index in [0.717, 1.165) is 22.9 Å². The van der Waals surface area contributed by atoms with Gasteiger partial charge in [0, 0.05) is 12.6 Å². The molecule has 0 saturated carbocycles. The van der Waals surface area contributed by atoms with Gasteiger partial charge in [-0.05, 0) is 55.6 Å². The Bertz CT molecular complexity index is 710. The fourth-order valence-corrected chi connectivity index (χ4v) is 3.45. The van der Waals surface area contributed by atoms with Crippen LogP contribution in [0.2, 0.25) is 0 Å². The second-order valence-corrected chi connectivity index (χ2v) is 6.78. The second kappa shape index (κ2) is 6.72. The molecular weight excluding hydrogens is 310 g/mol. The Hall–Kier alpha value is -1.85. The molecule has 1 aromatic heterocycles. The Morgan fingerprint density at radius 1 is 1.26 bits per heavy atom. The number of nitrogens with zero attached hydrogens (tertiary/aromatic N) is 1. The van der Waals surface area contributed by atoms with Crippen LogP contribution in [0, 0.1) is 0 Å². The fourth-order valence-electron chi connectivity index (χ4n) is 2.64. The van der Waals surface area contributed by atoms with Gasteiger partial charge in [-0.2, -0.15) is 0 Å². The maximum absolute atomic E-state index is 11.4. The number of ether oxygens (including phenoxy) is 2. The van der Waals surface area contributed by atoms with Gasteiger partial charge in [0.05, 0.1) is 4.88 Å². The molecule has 0 fully saturated rings. The largest absolute Gasteiger partial charge is 0.486 e. The van der Waals surface area contributed by atoms with Crippen molar-refractivity contribution < 1.29 is 14.3 Å². The lowest BCUT2D eigenvalue weighted by atomic mass is 10.1. The van der Waals surface area contributed by atoms with Crippen LogP contribution < -0.4 is 9.47 Å². The molecule has 1 aliphatic heterocycles. The van der Waals surface area contributed by atoms with E-state index in [9.17, 15) is 4.79 Å². The van der Waals surface area contributed by atoms with Crippen molar-refractivity contribution in [2.24, 2.45) is 0 Å². The molecule has 0 aliphatic carbocycles. The monoisotopic (exact) mass is 331 g/mol. The van der Waals surface area contributed by atoms with Gasteiger partial charge < -0.3 is 9.47 Å². The van der Waals surface area contributed by atoms with Crippen LogP contribution in [0.1, 0.15) is 40.7 Å². The molecule has 1 atom stereocenters. The SMILES string of the molecule is CC(=O)c1cc(CN(C)[C@@H](C)c2ccc3c(c2)OCCO3)cs1. The van der Waals surface area contributed by atoms with E-state index in [4.69, 9.17) is 9.47 Å². The molecule has 0 radical (unpaired) electrons. The number of hydrogen-bond donors (Lipinski definition) is 0. The van der Waals surface area contributed by atoms with E-state index < -0.39 is 0 Å². The summed E-state index contributed by atoms with van der Waals surface area (Å²) in [7, 11) is 2.09. The Labute approximate surface area is 140 Å². The van der Waals surface area contributed by atoms with E-state index in [1.54, 1.807) is 6.92 Å². The van der Waals surface area contributed by atoms with E-state index in [1.807, 2.05) is 12.1 Å². The molecule has 0 unspecified atom stereocenters. The average molecular weight is 331 g/mol. The van der Waals surface area contributed by atoms with Crippen molar-refractivity contribution in [1.82, 2.24) is 4.90 Å². The lowest BCUT2D eigenvalue weighted by molar-refractivity contribution is 0.102. The minimum Gasteiger partial charge on any atom is -0.486 e. The van der Waals surface area contributed by atoms with Gasteiger partial charge in [-0.3, -0.25) is 9.69 Å². The third kappa shape index (κ3) is 3.57. The van der Waals surface area contributed by atoms with E-state index in [2.05, 4.69) is 36.4 Å². The van der Waals surface area contributed by atoms with Crippen molar-refractivity contribution in [3.05, 3.63) is 45.6 Å². The van der Waals surface area contributed by atoms with E-state index in [0.29, 0.717) is 13.2 Å². The molecule has 1 aromatic carbocycles. The van der Waals surface area contributed by atoms with Gasteiger partial charge in [-0.25, -0.2) is 0 Å². The van der Waals surface area contributed by atoms with Crippen LogP contribution in [-0.4, -0.2) is 30.9 Å². The number of carbonyl (C=O) groups is 1. The van der Waals surface area contributed by atoms with E-state index >= 15 is 0 Å². The van der Waals surface area contributed by atoms with E-state index in [-0.39, 0.29) is 11.8 Å². The molecule has 2 aromatic rings. The molecule has 5 heteroatoms. The van der Waals surface area contributed by atoms with Gasteiger partial charge in [-0.1, -0.05) is 6.07 Å². The quantitative estimate of drug-likeness (QED) is 0.779. The first-order valence-electron chi connectivity index (χ1n) is 7.72. The Morgan fingerprint density at radius 3 is 2.70 bits per heavy atom. The van der Waals surface area contributed by atoms with Crippen molar-refractivity contribution >= 4 is 17.1 Å². The van der Waals surface area contributed by atoms with Crippen molar-refractivity contribution in [3.63, 3.8) is 0 Å². The third-order valence-electron chi connectivity index (χ3n) is 4.14. The highest BCUT2D eigenvalue weighted by Gasteiger charge is 2.17. The first kappa shape index (κ1) is 16.0. The van der Waals surface area contributed by atoms with Gasteiger partial charge >= 0.3 is 0 Å². The number of thiophene rings is 1. The summed E-state index contributed by atoms with van der Waals surface area (Å²) in [6, 6.07) is 8.35. The summed E-state index contributed by atoms with van der Waals surface area (Å²) in [6.07, 6.45) is 0. The molecular formula is C18H21NO3S. The van der Waals surface area contributed by atoms with Crippen molar-refractivity contribution in [3.8, 4) is 11.5 Å². The maximum Gasteiger partial charge on any atom is 0.169 e. The summed E-state index contributed by atoms with van der Waals surface area (Å²) in [4.78, 5) is 14.5. The number of ketones is 1. The van der Waals surface area contributed by atoms with Crippen LogP contribution in [0.5, 0.6) is 11.5 Å². The number of carbonyl (C=O) groups excluding carboxylic acids is 1. The number of fused-ring (bicyclic) bond motifs is 1. The molecule has 0 spiro atoms. The normalized spacial score (nSPS) is 14.8. The zero-order valence-electron chi connectivity index (χ0n) is 13.7. The molecule has 4 nitrogen and oxygen atoms in total. The van der Waals surface area contributed by atoms with Gasteiger partial charge in [0.15, 0.2) is 17.3 Å². The molecule has 0 bridgehead atoms. The van der Waals surface area contributed by atoms with Gasteiger partial charge in [0.25, 0.3) is 0 Å². The number of benzene rings is 1. The minimum absolute atomic E-state index is 0.129. The second-order valence-electron chi connectivity index (χ2n) is 5.87. The molecule has 122 valence electrons. The zero-order chi connectivity index (χ0) is 16.4. The van der Waals surface area contributed by atoms with Crippen LogP contribution in [0.3, 0.4) is 0 Å². The summed E-state index contributed by atoms with van der Waals surface area (Å²) < 4.78 is 11.2. The van der Waals surface area contributed by atoms with Crippen LogP contribution in [-0.2, 0) is 6.54 Å². The molecule has 1 aliphatic rings. The summed E-state index contributed by atoms with van der Waals surface area (Å²) in [5.74, 6) is 1.77. The summed E-state index contributed by atoms with van der Waals surface area (Å²) in [5, 5.41) is 2.06. The lowest BCUT2D eigenvalue weighted by Gasteiger charge is -2.26. The zero-order valence-corrected chi connectivity index (χ0v) is 14.5. The number of rotatable bonds is 5. The standard InChI is InChI=1S/C18H21NO3S/c1-12(15-4-5-16-17(9-15)22-7-6-21-16)19(3)10-14-8-18(13(2)20)23-11-14/h4-5,8-9,11-12H,6-7,10H2,1-3H3/t12-/m0/s1. The van der Waals surface area contributed by atoms with Crippen LogP contribution in [0.25, 0.3) is 0 Å². The minimum atomic E-state index is 0.129. The van der Waals surface area contributed by atoms with Gasteiger partial charge in [-0.15, -0.1) is 11.3 Å². The Balaban J connectivity index is 1.71. The fraction of sp³-hybridized carbons (Fsp3) is 0.389. The average Bonchev–Trinajstić information content (AvgIpc) is 3.02. The number of hydrogen-bond acceptors (Lipinski definition) is 5. The molecule has 0 amide bonds. The highest BCUT2D eigenvalue weighted by Crippen LogP contribution is 2.34. The van der Waals surface area contributed by atoms with Crippen molar-refractivity contribution in [1.29, 1.82) is 0 Å². The van der Waals surface area contributed by atoms with Gasteiger partial charge in [0.2, 0.25) is 0 Å².